The van der Waals surface area contributed by atoms with E-state index in [1.165, 1.54) is 18.5 Å². The van der Waals surface area contributed by atoms with Crippen LogP contribution in [0.1, 0.15) is 0 Å². The lowest BCUT2D eigenvalue weighted by atomic mass is 10.0. The van der Waals surface area contributed by atoms with Crippen molar-refractivity contribution in [1.82, 2.24) is 34.6 Å². The van der Waals surface area contributed by atoms with Crippen LogP contribution in [0.15, 0.2) is 73.4 Å². The third-order valence-electron chi connectivity index (χ3n) is 4.19. The van der Waals surface area contributed by atoms with Crippen LogP contribution < -0.4 is 0 Å². The standard InChI is InChI=1S/C19H12FN7/c20-15-3-1-2-14(10-15)19-16(13-6-8-21-9-7-13)11-26(25-19)18-5-4-17-23-22-12-27(17)24-18/h1-12H. The highest BCUT2D eigenvalue weighted by Gasteiger charge is 2.15. The number of benzene rings is 1. The maximum Gasteiger partial charge on any atom is 0.177 e. The second kappa shape index (κ2) is 6.10. The minimum atomic E-state index is -0.313. The molecule has 0 spiro atoms. The molecule has 1 aromatic carbocycles. The number of nitrogens with zero attached hydrogens (tertiary/aromatic N) is 7. The van der Waals surface area contributed by atoms with Gasteiger partial charge in [-0.05, 0) is 42.0 Å². The molecule has 5 aromatic rings. The largest absolute Gasteiger partial charge is 0.265 e. The van der Waals surface area contributed by atoms with E-state index in [4.69, 9.17) is 0 Å². The Bertz CT molecular complexity index is 1240. The van der Waals surface area contributed by atoms with Gasteiger partial charge in [0.05, 0.1) is 0 Å². The molecule has 0 bridgehead atoms. The number of hydrogen-bond donors (Lipinski definition) is 0. The molecule has 7 nitrogen and oxygen atoms in total. The Hall–Kier alpha value is -3.94. The van der Waals surface area contributed by atoms with Gasteiger partial charge in [-0.3, -0.25) is 4.98 Å². The molecule has 0 saturated heterocycles. The predicted octanol–water partition coefficient (Wildman–Crippen LogP) is 3.18. The first kappa shape index (κ1) is 15.3. The van der Waals surface area contributed by atoms with E-state index in [0.717, 1.165) is 11.1 Å². The first-order valence-corrected chi connectivity index (χ1v) is 8.21. The minimum absolute atomic E-state index is 0.313. The van der Waals surface area contributed by atoms with Crippen LogP contribution in [-0.4, -0.2) is 34.6 Å². The summed E-state index contributed by atoms with van der Waals surface area (Å²) in [6.07, 6.45) is 6.82. The van der Waals surface area contributed by atoms with Gasteiger partial charge in [0.1, 0.15) is 17.8 Å². The summed E-state index contributed by atoms with van der Waals surface area (Å²) in [6.45, 7) is 0. The third-order valence-corrected chi connectivity index (χ3v) is 4.19. The van der Waals surface area contributed by atoms with Gasteiger partial charge in [0.15, 0.2) is 11.5 Å². The molecule has 0 N–H and O–H groups in total. The molecule has 27 heavy (non-hydrogen) atoms. The zero-order valence-electron chi connectivity index (χ0n) is 13.9. The fourth-order valence-corrected chi connectivity index (χ4v) is 2.92. The number of rotatable bonds is 3. The molecule has 0 aliphatic carbocycles. The van der Waals surface area contributed by atoms with Gasteiger partial charge in [-0.25, -0.2) is 9.07 Å². The lowest BCUT2D eigenvalue weighted by Gasteiger charge is -2.02. The van der Waals surface area contributed by atoms with Crippen molar-refractivity contribution in [1.29, 1.82) is 0 Å². The second-order valence-electron chi connectivity index (χ2n) is 5.91. The minimum Gasteiger partial charge on any atom is -0.265 e. The molecule has 4 aromatic heterocycles. The average Bonchev–Trinajstić information content (AvgIpc) is 3.35. The fourth-order valence-electron chi connectivity index (χ4n) is 2.92. The molecule has 0 amide bonds. The summed E-state index contributed by atoms with van der Waals surface area (Å²) in [7, 11) is 0. The zero-order valence-corrected chi connectivity index (χ0v) is 13.9. The predicted molar refractivity (Wildman–Crippen MR) is 96.5 cm³/mol. The molecule has 0 aliphatic rings. The van der Waals surface area contributed by atoms with E-state index < -0.39 is 0 Å². The molecule has 0 fully saturated rings. The maximum absolute atomic E-state index is 13.8. The van der Waals surface area contributed by atoms with Crippen molar-refractivity contribution in [2.45, 2.75) is 0 Å². The zero-order chi connectivity index (χ0) is 18.2. The van der Waals surface area contributed by atoms with Crippen LogP contribution in [0.3, 0.4) is 0 Å². The summed E-state index contributed by atoms with van der Waals surface area (Å²) < 4.78 is 17.0. The van der Waals surface area contributed by atoms with Crippen LogP contribution in [0, 0.1) is 5.82 Å². The first-order valence-electron chi connectivity index (χ1n) is 8.21. The summed E-state index contributed by atoms with van der Waals surface area (Å²) in [6, 6.07) is 13.8. The van der Waals surface area contributed by atoms with Gasteiger partial charge in [0.25, 0.3) is 0 Å². The van der Waals surface area contributed by atoms with Crippen LogP contribution >= 0.6 is 0 Å². The number of halogens is 1. The van der Waals surface area contributed by atoms with Gasteiger partial charge in [-0.1, -0.05) is 12.1 Å². The lowest BCUT2D eigenvalue weighted by molar-refractivity contribution is 0.628. The van der Waals surface area contributed by atoms with Crippen molar-refractivity contribution in [3.8, 4) is 28.2 Å². The van der Waals surface area contributed by atoms with E-state index in [9.17, 15) is 4.39 Å². The van der Waals surface area contributed by atoms with E-state index in [-0.39, 0.29) is 5.82 Å². The Labute approximate surface area is 152 Å². The Morgan fingerprint density at radius 1 is 0.889 bits per heavy atom. The molecule has 0 atom stereocenters. The highest BCUT2D eigenvalue weighted by Crippen LogP contribution is 2.31. The monoisotopic (exact) mass is 357 g/mol. The second-order valence-corrected chi connectivity index (χ2v) is 5.91. The van der Waals surface area contributed by atoms with Crippen molar-refractivity contribution in [2.75, 3.05) is 0 Å². The van der Waals surface area contributed by atoms with Crippen LogP contribution in [0.4, 0.5) is 4.39 Å². The molecule has 0 radical (unpaired) electrons. The van der Waals surface area contributed by atoms with Crippen LogP contribution in [0.25, 0.3) is 33.8 Å². The number of pyridine rings is 1. The van der Waals surface area contributed by atoms with Gasteiger partial charge in [-0.2, -0.15) is 9.61 Å². The van der Waals surface area contributed by atoms with E-state index in [1.54, 1.807) is 27.7 Å². The molecular formula is C19H12FN7. The molecule has 5 rings (SSSR count). The number of fused-ring (bicyclic) bond motifs is 1. The highest BCUT2D eigenvalue weighted by atomic mass is 19.1. The van der Waals surface area contributed by atoms with E-state index in [2.05, 4.69) is 25.4 Å². The topological polar surface area (TPSA) is 73.8 Å². The van der Waals surface area contributed by atoms with Crippen LogP contribution in [0.2, 0.25) is 0 Å². The SMILES string of the molecule is Fc1cccc(-c2nn(-c3ccc4nncn4n3)cc2-c2ccncc2)c1. The van der Waals surface area contributed by atoms with Crippen LogP contribution in [0.5, 0.6) is 0 Å². The molecule has 4 heterocycles. The quantitative estimate of drug-likeness (QED) is 0.496. The van der Waals surface area contributed by atoms with Crippen molar-refractivity contribution in [2.24, 2.45) is 0 Å². The Morgan fingerprint density at radius 3 is 2.63 bits per heavy atom. The lowest BCUT2D eigenvalue weighted by Crippen LogP contribution is -2.02. The summed E-state index contributed by atoms with van der Waals surface area (Å²) in [5, 5.41) is 16.9. The van der Waals surface area contributed by atoms with Gasteiger partial charge >= 0.3 is 0 Å². The highest BCUT2D eigenvalue weighted by molar-refractivity contribution is 5.80. The number of aromatic nitrogens is 7. The summed E-state index contributed by atoms with van der Waals surface area (Å²) in [4.78, 5) is 4.06. The summed E-state index contributed by atoms with van der Waals surface area (Å²) in [5.41, 5.74) is 3.78. The first-order chi connectivity index (χ1) is 13.3. The number of hydrogen-bond acceptors (Lipinski definition) is 5. The molecule has 0 saturated carbocycles. The average molecular weight is 357 g/mol. The fraction of sp³-hybridized carbons (Fsp3) is 0. The Balaban J connectivity index is 1.71. The smallest absolute Gasteiger partial charge is 0.177 e. The summed E-state index contributed by atoms with van der Waals surface area (Å²) in [5.74, 6) is 0.284. The molecule has 0 aliphatic heterocycles. The van der Waals surface area contributed by atoms with Gasteiger partial charge in [0, 0.05) is 29.7 Å². The van der Waals surface area contributed by atoms with Crippen molar-refractivity contribution < 1.29 is 4.39 Å². The molecule has 0 unspecified atom stereocenters. The van der Waals surface area contributed by atoms with Crippen molar-refractivity contribution in [3.63, 3.8) is 0 Å². The third kappa shape index (κ3) is 2.73. The van der Waals surface area contributed by atoms with Gasteiger partial charge in [-0.15, -0.1) is 15.3 Å². The van der Waals surface area contributed by atoms with Crippen molar-refractivity contribution >= 4 is 5.65 Å². The normalized spacial score (nSPS) is 11.1. The molecule has 8 heteroatoms. The Kier molecular flexibility index (Phi) is 3.46. The summed E-state index contributed by atoms with van der Waals surface area (Å²) >= 11 is 0. The molecular weight excluding hydrogens is 345 g/mol. The maximum atomic E-state index is 13.8. The van der Waals surface area contributed by atoms with Crippen LogP contribution in [-0.2, 0) is 0 Å². The molecule has 130 valence electrons. The Morgan fingerprint density at radius 2 is 1.78 bits per heavy atom. The van der Waals surface area contributed by atoms with E-state index in [0.29, 0.717) is 22.7 Å². The van der Waals surface area contributed by atoms with Crippen molar-refractivity contribution in [3.05, 3.63) is 79.3 Å². The van der Waals surface area contributed by atoms with Gasteiger partial charge in [0.2, 0.25) is 0 Å². The van der Waals surface area contributed by atoms with Gasteiger partial charge < -0.3 is 0 Å². The van der Waals surface area contributed by atoms with E-state index in [1.807, 2.05) is 36.5 Å². The van der Waals surface area contributed by atoms with E-state index >= 15 is 0 Å².